The van der Waals surface area contributed by atoms with Crippen LogP contribution in [0.2, 0.25) is 5.02 Å². The molecular weight excluding hydrogens is 406 g/mol. The predicted octanol–water partition coefficient (Wildman–Crippen LogP) is 2.15. The topological polar surface area (TPSA) is 108 Å². The summed E-state index contributed by atoms with van der Waals surface area (Å²) in [5.41, 5.74) is 1.37. The molecule has 0 aliphatic carbocycles. The summed E-state index contributed by atoms with van der Waals surface area (Å²) in [5, 5.41) is 19.5. The number of halogens is 1. The summed E-state index contributed by atoms with van der Waals surface area (Å²) in [7, 11) is 0. The highest BCUT2D eigenvalue weighted by atomic mass is 35.5. The van der Waals surface area contributed by atoms with Gasteiger partial charge in [0.05, 0.1) is 22.7 Å². The van der Waals surface area contributed by atoms with Gasteiger partial charge in [0.15, 0.2) is 0 Å². The normalized spacial score (nSPS) is 22.1. The van der Waals surface area contributed by atoms with E-state index in [1.54, 1.807) is 6.07 Å². The quantitative estimate of drug-likeness (QED) is 0.555. The van der Waals surface area contributed by atoms with Crippen molar-refractivity contribution < 1.29 is 14.6 Å². The van der Waals surface area contributed by atoms with Crippen LogP contribution < -0.4 is 16.0 Å². The van der Waals surface area contributed by atoms with Gasteiger partial charge in [0, 0.05) is 44.6 Å². The van der Waals surface area contributed by atoms with Crippen LogP contribution in [0.25, 0.3) is 11.3 Å². The minimum atomic E-state index is -0.697. The van der Waals surface area contributed by atoms with Crippen molar-refractivity contribution >= 4 is 29.1 Å². The number of hydrogen-bond acceptors (Lipinski definition) is 7. The maximum absolute atomic E-state index is 12.4. The lowest BCUT2D eigenvalue weighted by Gasteiger charge is -2.22. The second kappa shape index (κ2) is 9.70. The number of anilines is 2. The van der Waals surface area contributed by atoms with E-state index in [2.05, 4.69) is 25.9 Å². The van der Waals surface area contributed by atoms with E-state index >= 15 is 0 Å². The number of carbonyl (C=O) groups is 1. The van der Waals surface area contributed by atoms with E-state index in [0.29, 0.717) is 41.1 Å². The van der Waals surface area contributed by atoms with Crippen molar-refractivity contribution in [3.05, 3.63) is 35.5 Å². The van der Waals surface area contributed by atoms with Crippen LogP contribution in [0.4, 0.5) is 11.6 Å². The first-order chi connectivity index (χ1) is 14.6. The first-order valence-corrected chi connectivity index (χ1v) is 10.6. The third kappa shape index (κ3) is 5.07. The molecule has 9 heteroatoms. The van der Waals surface area contributed by atoms with Crippen molar-refractivity contribution in [3.8, 4) is 11.3 Å². The van der Waals surface area contributed by atoms with E-state index < -0.39 is 12.0 Å². The molecule has 0 saturated carbocycles. The monoisotopic (exact) mass is 431 g/mol. The van der Waals surface area contributed by atoms with Gasteiger partial charge in [0.1, 0.15) is 11.6 Å². The predicted molar refractivity (Wildman–Crippen MR) is 116 cm³/mol. The van der Waals surface area contributed by atoms with Crippen molar-refractivity contribution in [2.24, 2.45) is 11.8 Å². The molecule has 4 N–H and O–H groups in total. The number of hydrogen-bond donors (Lipinski definition) is 4. The van der Waals surface area contributed by atoms with E-state index in [1.165, 1.54) is 6.20 Å². The minimum Gasteiger partial charge on any atom is -0.391 e. The summed E-state index contributed by atoms with van der Waals surface area (Å²) in [4.78, 5) is 21.3. The van der Waals surface area contributed by atoms with E-state index in [1.807, 2.05) is 18.2 Å². The highest BCUT2D eigenvalue weighted by Gasteiger charge is 2.31. The summed E-state index contributed by atoms with van der Waals surface area (Å²) in [6, 6.07) is 7.43. The largest absolute Gasteiger partial charge is 0.391 e. The Morgan fingerprint density at radius 1 is 1.27 bits per heavy atom. The van der Waals surface area contributed by atoms with Gasteiger partial charge in [-0.1, -0.05) is 17.7 Å². The lowest BCUT2D eigenvalue weighted by Crippen LogP contribution is -2.31. The first-order valence-electron chi connectivity index (χ1n) is 10.2. The number of nitrogens with one attached hydrogen (secondary N) is 3. The summed E-state index contributed by atoms with van der Waals surface area (Å²) in [6.07, 6.45) is 2.91. The standard InChI is InChI=1S/C21H26ClN5O3/c22-16-11-25-20(27-21(29)15-10-23-12-18(15)28)8-14(16)17-2-1-3-19(26-17)24-9-13-4-6-30-7-5-13/h1-3,8,11,13,15,18,23,28H,4-7,9-10,12H2,(H,24,26)(H,25,27,29). The number of pyridine rings is 2. The van der Waals surface area contributed by atoms with E-state index in [0.717, 1.165) is 38.4 Å². The fraction of sp³-hybridized carbons (Fsp3) is 0.476. The van der Waals surface area contributed by atoms with Crippen LogP contribution in [0.1, 0.15) is 12.8 Å². The number of β-amino-alcohol motifs (C(OH)–C–C–N with tert-alkyl or cyclic N) is 1. The summed E-state index contributed by atoms with van der Waals surface area (Å²) in [5.74, 6) is 0.962. The summed E-state index contributed by atoms with van der Waals surface area (Å²) >= 11 is 6.37. The van der Waals surface area contributed by atoms with Crippen LogP contribution in [-0.2, 0) is 9.53 Å². The Labute approximate surface area is 180 Å². The Morgan fingerprint density at radius 2 is 2.10 bits per heavy atom. The van der Waals surface area contributed by atoms with Crippen molar-refractivity contribution in [2.45, 2.75) is 18.9 Å². The molecule has 2 saturated heterocycles. The third-order valence-corrected chi connectivity index (χ3v) is 5.86. The maximum atomic E-state index is 12.4. The zero-order valence-electron chi connectivity index (χ0n) is 16.6. The summed E-state index contributed by atoms with van der Waals surface area (Å²) in [6.45, 7) is 3.33. The number of rotatable bonds is 6. The lowest BCUT2D eigenvalue weighted by molar-refractivity contribution is -0.121. The number of aromatic nitrogens is 2. The molecule has 2 unspecified atom stereocenters. The number of ether oxygens (including phenoxy) is 1. The van der Waals surface area contributed by atoms with Crippen molar-refractivity contribution in [2.75, 3.05) is 43.5 Å². The van der Waals surface area contributed by atoms with Crippen LogP contribution >= 0.6 is 11.6 Å². The first kappa shape index (κ1) is 21.0. The van der Waals surface area contributed by atoms with Crippen molar-refractivity contribution in [3.63, 3.8) is 0 Å². The molecule has 2 aliphatic heterocycles. The molecule has 2 aliphatic rings. The Balaban J connectivity index is 1.46. The van der Waals surface area contributed by atoms with E-state index in [-0.39, 0.29) is 5.91 Å². The van der Waals surface area contributed by atoms with Crippen molar-refractivity contribution in [1.82, 2.24) is 15.3 Å². The number of amides is 1. The van der Waals surface area contributed by atoms with Gasteiger partial charge in [-0.2, -0.15) is 0 Å². The van der Waals surface area contributed by atoms with Gasteiger partial charge in [-0.05, 0) is 37.0 Å². The lowest BCUT2D eigenvalue weighted by atomic mass is 10.0. The van der Waals surface area contributed by atoms with Crippen LogP contribution in [0, 0.1) is 11.8 Å². The van der Waals surface area contributed by atoms with Gasteiger partial charge in [-0.25, -0.2) is 9.97 Å². The second-order valence-electron chi connectivity index (χ2n) is 7.72. The molecule has 30 heavy (non-hydrogen) atoms. The average molecular weight is 432 g/mol. The highest BCUT2D eigenvalue weighted by Crippen LogP contribution is 2.29. The zero-order valence-corrected chi connectivity index (χ0v) is 17.4. The number of nitrogens with zero attached hydrogens (tertiary/aromatic N) is 2. The van der Waals surface area contributed by atoms with Crippen LogP contribution in [0.15, 0.2) is 30.5 Å². The van der Waals surface area contributed by atoms with Gasteiger partial charge in [0.2, 0.25) is 5.91 Å². The zero-order chi connectivity index (χ0) is 20.9. The Bertz CT molecular complexity index is 891. The fourth-order valence-electron chi connectivity index (χ4n) is 3.74. The molecule has 0 aromatic carbocycles. The highest BCUT2D eigenvalue weighted by molar-refractivity contribution is 6.33. The van der Waals surface area contributed by atoms with Gasteiger partial charge in [-0.3, -0.25) is 4.79 Å². The second-order valence-corrected chi connectivity index (χ2v) is 8.12. The minimum absolute atomic E-state index is 0.270. The molecule has 2 atom stereocenters. The number of carbonyl (C=O) groups excluding carboxylic acids is 1. The van der Waals surface area contributed by atoms with Crippen LogP contribution in [-0.4, -0.2) is 59.9 Å². The molecule has 2 aromatic heterocycles. The van der Waals surface area contributed by atoms with Crippen molar-refractivity contribution in [1.29, 1.82) is 0 Å². The average Bonchev–Trinajstić information content (AvgIpc) is 3.20. The molecule has 2 aromatic rings. The Kier molecular flexibility index (Phi) is 6.79. The smallest absolute Gasteiger partial charge is 0.232 e. The SMILES string of the molecule is O=C(Nc1cc(-c2cccc(NCC3CCOCC3)n2)c(Cl)cn1)C1CNCC1O. The molecule has 0 radical (unpaired) electrons. The van der Waals surface area contributed by atoms with E-state index in [4.69, 9.17) is 16.3 Å². The molecule has 8 nitrogen and oxygen atoms in total. The van der Waals surface area contributed by atoms with Crippen LogP contribution in [0.3, 0.4) is 0 Å². The van der Waals surface area contributed by atoms with Crippen LogP contribution in [0.5, 0.6) is 0 Å². The van der Waals surface area contributed by atoms with E-state index in [9.17, 15) is 9.90 Å². The van der Waals surface area contributed by atoms with Gasteiger partial charge in [0.25, 0.3) is 0 Å². The molecule has 0 bridgehead atoms. The fourth-order valence-corrected chi connectivity index (χ4v) is 3.94. The molecule has 0 spiro atoms. The molecular formula is C21H26ClN5O3. The van der Waals surface area contributed by atoms with Gasteiger partial charge in [-0.15, -0.1) is 0 Å². The molecule has 4 heterocycles. The molecule has 4 rings (SSSR count). The molecule has 2 fully saturated rings. The summed E-state index contributed by atoms with van der Waals surface area (Å²) < 4.78 is 5.41. The number of aliphatic hydroxyl groups is 1. The molecule has 160 valence electrons. The van der Waals surface area contributed by atoms with Gasteiger partial charge < -0.3 is 25.8 Å². The Morgan fingerprint density at radius 3 is 2.87 bits per heavy atom. The third-order valence-electron chi connectivity index (χ3n) is 5.56. The van der Waals surface area contributed by atoms with Gasteiger partial charge >= 0.3 is 0 Å². The number of aliphatic hydroxyl groups excluding tert-OH is 1. The molecule has 1 amide bonds. The Hall–Kier alpha value is -2.26. The maximum Gasteiger partial charge on any atom is 0.232 e.